The van der Waals surface area contributed by atoms with Crippen LogP contribution in [0.3, 0.4) is 0 Å². The lowest BCUT2D eigenvalue weighted by atomic mass is 10.3. The first-order chi connectivity index (χ1) is 7.63. The van der Waals surface area contributed by atoms with Gasteiger partial charge in [0.05, 0.1) is 10.8 Å². The molecule has 0 aliphatic heterocycles. The zero-order chi connectivity index (χ0) is 12.0. The molecule has 4 heteroatoms. The molecule has 0 heterocycles. The molecule has 0 saturated heterocycles. The normalized spacial score (nSPS) is 14.7. The van der Waals surface area contributed by atoms with Crippen molar-refractivity contribution in [2.24, 2.45) is 0 Å². The van der Waals surface area contributed by atoms with Gasteiger partial charge in [0.25, 0.3) is 0 Å². The SMILES string of the molecule is CCNC(C)CCS(=O)c1cccc(F)c1. The van der Waals surface area contributed by atoms with Gasteiger partial charge in [-0.1, -0.05) is 13.0 Å². The highest BCUT2D eigenvalue weighted by Crippen LogP contribution is 2.10. The molecule has 2 atom stereocenters. The summed E-state index contributed by atoms with van der Waals surface area (Å²) >= 11 is 0. The van der Waals surface area contributed by atoms with Gasteiger partial charge in [0.1, 0.15) is 5.82 Å². The van der Waals surface area contributed by atoms with Crippen LogP contribution in [0.25, 0.3) is 0 Å². The zero-order valence-electron chi connectivity index (χ0n) is 9.70. The minimum atomic E-state index is -1.10. The maximum Gasteiger partial charge on any atom is 0.124 e. The van der Waals surface area contributed by atoms with Crippen LogP contribution < -0.4 is 5.32 Å². The molecule has 90 valence electrons. The predicted molar refractivity (Wildman–Crippen MR) is 65.4 cm³/mol. The van der Waals surface area contributed by atoms with Gasteiger partial charge in [0, 0.05) is 16.7 Å². The maximum absolute atomic E-state index is 12.9. The molecule has 0 radical (unpaired) electrons. The molecular weight excluding hydrogens is 225 g/mol. The summed E-state index contributed by atoms with van der Waals surface area (Å²) in [6.07, 6.45) is 0.830. The van der Waals surface area contributed by atoms with Gasteiger partial charge in [0.2, 0.25) is 0 Å². The minimum Gasteiger partial charge on any atom is -0.315 e. The summed E-state index contributed by atoms with van der Waals surface area (Å²) in [4.78, 5) is 0.573. The summed E-state index contributed by atoms with van der Waals surface area (Å²) in [7, 11) is -1.10. The Labute approximate surface area is 98.7 Å². The molecule has 0 amide bonds. The van der Waals surface area contributed by atoms with Crippen LogP contribution >= 0.6 is 0 Å². The molecule has 1 aromatic carbocycles. The van der Waals surface area contributed by atoms with Crippen molar-refractivity contribution < 1.29 is 8.60 Å². The zero-order valence-corrected chi connectivity index (χ0v) is 10.5. The van der Waals surface area contributed by atoms with Gasteiger partial charge in [0.15, 0.2) is 0 Å². The van der Waals surface area contributed by atoms with Gasteiger partial charge in [-0.25, -0.2) is 4.39 Å². The van der Waals surface area contributed by atoms with E-state index in [0.29, 0.717) is 16.7 Å². The van der Waals surface area contributed by atoms with Gasteiger partial charge in [-0.05, 0) is 38.1 Å². The van der Waals surface area contributed by atoms with Crippen LogP contribution in [0.1, 0.15) is 20.3 Å². The van der Waals surface area contributed by atoms with Crippen LogP contribution in [0.15, 0.2) is 29.2 Å². The van der Waals surface area contributed by atoms with E-state index in [2.05, 4.69) is 12.2 Å². The molecule has 1 rings (SSSR count). The van der Waals surface area contributed by atoms with Crippen molar-refractivity contribution >= 4 is 10.8 Å². The molecule has 2 nitrogen and oxygen atoms in total. The minimum absolute atomic E-state index is 0.328. The molecule has 0 fully saturated rings. The quantitative estimate of drug-likeness (QED) is 0.831. The van der Waals surface area contributed by atoms with E-state index in [1.165, 1.54) is 12.1 Å². The van der Waals surface area contributed by atoms with Crippen molar-refractivity contribution in [3.63, 3.8) is 0 Å². The highest BCUT2D eigenvalue weighted by molar-refractivity contribution is 7.85. The second-order valence-electron chi connectivity index (χ2n) is 3.75. The van der Waals surface area contributed by atoms with E-state index in [0.717, 1.165) is 13.0 Å². The summed E-state index contributed by atoms with van der Waals surface area (Å²) < 4.78 is 24.7. The average molecular weight is 243 g/mol. The summed E-state index contributed by atoms with van der Waals surface area (Å²) in [5.74, 6) is 0.239. The van der Waals surface area contributed by atoms with E-state index in [-0.39, 0.29) is 5.82 Å². The largest absolute Gasteiger partial charge is 0.315 e. The van der Waals surface area contributed by atoms with Crippen LogP contribution in [0.4, 0.5) is 4.39 Å². The van der Waals surface area contributed by atoms with Crippen LogP contribution in [0.2, 0.25) is 0 Å². The Hall–Kier alpha value is -0.740. The predicted octanol–water partition coefficient (Wildman–Crippen LogP) is 2.32. The number of hydrogen-bond acceptors (Lipinski definition) is 2. The average Bonchev–Trinajstić information content (AvgIpc) is 2.26. The molecule has 1 N–H and O–H groups in total. The Kier molecular flexibility index (Phi) is 5.63. The molecule has 16 heavy (non-hydrogen) atoms. The summed E-state index contributed by atoms with van der Waals surface area (Å²) in [5, 5.41) is 3.26. The van der Waals surface area contributed by atoms with E-state index in [1.54, 1.807) is 12.1 Å². The number of nitrogens with one attached hydrogen (secondary N) is 1. The third-order valence-corrected chi connectivity index (χ3v) is 3.73. The van der Waals surface area contributed by atoms with E-state index >= 15 is 0 Å². The molecule has 0 spiro atoms. The van der Waals surface area contributed by atoms with Gasteiger partial charge < -0.3 is 5.32 Å². The topological polar surface area (TPSA) is 29.1 Å². The van der Waals surface area contributed by atoms with Crippen molar-refractivity contribution in [2.75, 3.05) is 12.3 Å². The lowest BCUT2D eigenvalue weighted by Crippen LogP contribution is -2.27. The van der Waals surface area contributed by atoms with Gasteiger partial charge >= 0.3 is 0 Å². The van der Waals surface area contributed by atoms with Crippen LogP contribution in [0.5, 0.6) is 0 Å². The van der Waals surface area contributed by atoms with Crippen molar-refractivity contribution in [1.82, 2.24) is 5.32 Å². The fourth-order valence-corrected chi connectivity index (χ4v) is 2.74. The number of hydrogen-bond donors (Lipinski definition) is 1. The van der Waals surface area contributed by atoms with Gasteiger partial charge in [-0.15, -0.1) is 0 Å². The maximum atomic E-state index is 12.9. The van der Waals surface area contributed by atoms with Crippen molar-refractivity contribution in [3.8, 4) is 0 Å². The number of benzene rings is 1. The molecule has 0 bridgehead atoms. The van der Waals surface area contributed by atoms with Gasteiger partial charge in [-0.2, -0.15) is 0 Å². The summed E-state index contributed by atoms with van der Waals surface area (Å²) in [5.41, 5.74) is 0. The van der Waals surface area contributed by atoms with E-state index in [4.69, 9.17) is 0 Å². The smallest absolute Gasteiger partial charge is 0.124 e. The third kappa shape index (κ3) is 4.41. The molecule has 0 aliphatic carbocycles. The van der Waals surface area contributed by atoms with Crippen molar-refractivity contribution in [3.05, 3.63) is 30.1 Å². The van der Waals surface area contributed by atoms with Crippen molar-refractivity contribution in [1.29, 1.82) is 0 Å². The third-order valence-electron chi connectivity index (χ3n) is 2.35. The highest BCUT2D eigenvalue weighted by Gasteiger charge is 2.07. The van der Waals surface area contributed by atoms with E-state index in [9.17, 15) is 8.60 Å². The molecule has 2 unspecified atom stereocenters. The first kappa shape index (κ1) is 13.3. The first-order valence-electron chi connectivity index (χ1n) is 5.50. The molecule has 0 saturated carbocycles. The first-order valence-corrected chi connectivity index (χ1v) is 6.82. The number of halogens is 1. The monoisotopic (exact) mass is 243 g/mol. The van der Waals surface area contributed by atoms with Crippen LogP contribution in [-0.4, -0.2) is 22.5 Å². The van der Waals surface area contributed by atoms with E-state index < -0.39 is 10.8 Å². The molecular formula is C12H18FNOS. The van der Waals surface area contributed by atoms with Gasteiger partial charge in [-0.3, -0.25) is 4.21 Å². The second kappa shape index (κ2) is 6.76. The van der Waals surface area contributed by atoms with Crippen LogP contribution in [-0.2, 0) is 10.8 Å². The standard InChI is InChI=1S/C12H18FNOS/c1-3-14-10(2)7-8-16(15)12-6-4-5-11(13)9-12/h4-6,9-10,14H,3,7-8H2,1-2H3. The Morgan fingerprint density at radius 1 is 1.50 bits per heavy atom. The molecule has 0 aromatic heterocycles. The fourth-order valence-electron chi connectivity index (χ4n) is 1.46. The Morgan fingerprint density at radius 2 is 2.25 bits per heavy atom. The number of rotatable bonds is 6. The summed E-state index contributed by atoms with van der Waals surface area (Å²) in [6, 6.07) is 6.35. The van der Waals surface area contributed by atoms with Crippen molar-refractivity contribution in [2.45, 2.75) is 31.2 Å². The highest BCUT2D eigenvalue weighted by atomic mass is 32.2. The Balaban J connectivity index is 2.47. The summed E-state index contributed by atoms with van der Waals surface area (Å²) in [6.45, 7) is 5.01. The van der Waals surface area contributed by atoms with Crippen LogP contribution in [0, 0.1) is 5.82 Å². The fraction of sp³-hybridized carbons (Fsp3) is 0.500. The Morgan fingerprint density at radius 3 is 2.88 bits per heavy atom. The lowest BCUT2D eigenvalue weighted by Gasteiger charge is -2.11. The second-order valence-corrected chi connectivity index (χ2v) is 5.33. The Bertz CT molecular complexity index is 357. The lowest BCUT2D eigenvalue weighted by molar-refractivity contribution is 0.552. The van der Waals surface area contributed by atoms with E-state index in [1.807, 2.05) is 6.92 Å². The molecule has 1 aromatic rings. The molecule has 0 aliphatic rings.